The fourth-order valence-corrected chi connectivity index (χ4v) is 2.91. The minimum absolute atomic E-state index is 0.114. The van der Waals surface area contributed by atoms with Gasteiger partial charge < -0.3 is 20.7 Å². The van der Waals surface area contributed by atoms with Crippen LogP contribution in [0.25, 0.3) is 0 Å². The zero-order chi connectivity index (χ0) is 20.1. The molecule has 0 aliphatic heterocycles. The van der Waals surface area contributed by atoms with Crippen molar-refractivity contribution in [3.8, 4) is 5.75 Å². The van der Waals surface area contributed by atoms with Crippen molar-refractivity contribution >= 4 is 29.1 Å². The maximum atomic E-state index is 12.3. The van der Waals surface area contributed by atoms with Crippen LogP contribution in [0, 0.1) is 11.8 Å². The molecule has 0 aromatic heterocycles. The van der Waals surface area contributed by atoms with Crippen LogP contribution in [0.15, 0.2) is 48.5 Å². The highest BCUT2D eigenvalue weighted by Crippen LogP contribution is 2.39. The van der Waals surface area contributed by atoms with Crippen LogP contribution in [0.5, 0.6) is 5.75 Å². The summed E-state index contributed by atoms with van der Waals surface area (Å²) in [4.78, 5) is 35.6. The molecule has 7 nitrogen and oxygen atoms in total. The molecular weight excluding hydrogens is 358 g/mol. The van der Waals surface area contributed by atoms with Crippen LogP contribution in [0.1, 0.15) is 18.9 Å². The van der Waals surface area contributed by atoms with Crippen molar-refractivity contribution < 1.29 is 19.1 Å². The van der Waals surface area contributed by atoms with E-state index >= 15 is 0 Å². The second-order valence-electron chi connectivity index (χ2n) is 6.76. The molecule has 2 atom stereocenters. The van der Waals surface area contributed by atoms with Gasteiger partial charge in [0.1, 0.15) is 5.75 Å². The van der Waals surface area contributed by atoms with Crippen LogP contribution in [-0.4, -0.2) is 24.8 Å². The first-order valence-electron chi connectivity index (χ1n) is 9.05. The number of carbonyl (C=O) groups excluding carboxylic acids is 3. The number of rotatable bonds is 7. The van der Waals surface area contributed by atoms with Crippen molar-refractivity contribution in [3.63, 3.8) is 0 Å². The third kappa shape index (κ3) is 5.09. The van der Waals surface area contributed by atoms with Crippen LogP contribution in [0.2, 0.25) is 0 Å². The second kappa shape index (κ2) is 8.56. The van der Waals surface area contributed by atoms with Gasteiger partial charge in [-0.25, -0.2) is 0 Å². The summed E-state index contributed by atoms with van der Waals surface area (Å²) in [6.07, 6.45) is 0.546. The first-order chi connectivity index (χ1) is 13.5. The summed E-state index contributed by atoms with van der Waals surface area (Å²) in [6.45, 7) is 1.85. The Morgan fingerprint density at radius 3 is 2.04 bits per heavy atom. The third-order valence-electron chi connectivity index (χ3n) is 4.56. The van der Waals surface area contributed by atoms with E-state index in [1.54, 1.807) is 31.4 Å². The summed E-state index contributed by atoms with van der Waals surface area (Å²) in [5, 5.41) is 8.35. The molecule has 1 saturated carbocycles. The first-order valence-corrected chi connectivity index (χ1v) is 9.05. The molecule has 0 saturated heterocycles. The van der Waals surface area contributed by atoms with Crippen molar-refractivity contribution in [2.24, 2.45) is 11.8 Å². The van der Waals surface area contributed by atoms with E-state index in [4.69, 9.17) is 4.74 Å². The number of methoxy groups -OCH3 is 1. The summed E-state index contributed by atoms with van der Waals surface area (Å²) in [5.74, 6) is -0.283. The van der Waals surface area contributed by atoms with Gasteiger partial charge in [-0.3, -0.25) is 14.4 Å². The first kappa shape index (κ1) is 19.4. The highest BCUT2D eigenvalue weighted by molar-refractivity contribution is 5.99. The van der Waals surface area contributed by atoms with Gasteiger partial charge in [0.05, 0.1) is 18.9 Å². The van der Waals surface area contributed by atoms with E-state index in [0.717, 1.165) is 11.3 Å². The zero-order valence-corrected chi connectivity index (χ0v) is 15.8. The van der Waals surface area contributed by atoms with E-state index in [0.29, 0.717) is 24.3 Å². The van der Waals surface area contributed by atoms with Gasteiger partial charge in [0.15, 0.2) is 0 Å². The van der Waals surface area contributed by atoms with Crippen LogP contribution in [0.4, 0.5) is 11.4 Å². The average Bonchev–Trinajstić information content (AvgIpc) is 3.49. The average molecular weight is 381 g/mol. The van der Waals surface area contributed by atoms with E-state index in [1.165, 1.54) is 6.92 Å². The summed E-state index contributed by atoms with van der Waals surface area (Å²) in [7, 11) is 1.60. The highest BCUT2D eigenvalue weighted by Gasteiger charge is 2.47. The molecule has 1 aliphatic rings. The van der Waals surface area contributed by atoms with Gasteiger partial charge in [-0.15, -0.1) is 0 Å². The van der Waals surface area contributed by atoms with Gasteiger partial charge >= 0.3 is 0 Å². The number of hydrogen-bond donors (Lipinski definition) is 3. The summed E-state index contributed by atoms with van der Waals surface area (Å²) in [5.41, 5.74) is 2.26. The smallest absolute Gasteiger partial charge is 0.228 e. The maximum absolute atomic E-state index is 12.3. The molecule has 2 unspecified atom stereocenters. The number of benzene rings is 2. The predicted molar refractivity (Wildman–Crippen MR) is 106 cm³/mol. The molecule has 2 aromatic rings. The molecule has 3 N–H and O–H groups in total. The highest BCUT2D eigenvalue weighted by atomic mass is 16.5. The number of nitrogens with one attached hydrogen (secondary N) is 3. The molecule has 2 aromatic carbocycles. The second-order valence-corrected chi connectivity index (χ2v) is 6.76. The molecular formula is C21H23N3O4. The quantitative estimate of drug-likeness (QED) is 0.687. The lowest BCUT2D eigenvalue weighted by Crippen LogP contribution is -2.27. The Kier molecular flexibility index (Phi) is 5.93. The molecule has 3 rings (SSSR count). The van der Waals surface area contributed by atoms with Crippen molar-refractivity contribution in [1.29, 1.82) is 0 Å². The van der Waals surface area contributed by atoms with Gasteiger partial charge in [-0.05, 0) is 48.4 Å². The Labute approximate surface area is 163 Å². The molecule has 7 heteroatoms. The van der Waals surface area contributed by atoms with Crippen LogP contribution in [0.3, 0.4) is 0 Å². The molecule has 3 amide bonds. The van der Waals surface area contributed by atoms with Crippen molar-refractivity contribution in [2.45, 2.75) is 19.9 Å². The number of anilines is 2. The Bertz CT molecular complexity index is 862. The lowest BCUT2D eigenvalue weighted by Gasteiger charge is -2.08. The number of amides is 3. The SMILES string of the molecule is COc1ccc(CNC(=O)C2CC2C(=O)Nc2ccc(NC(C)=O)cc2)cc1. The standard InChI is InChI=1S/C21H23N3O4/c1-13(25)23-15-5-7-16(8-6-15)24-21(27)19-11-18(19)20(26)22-12-14-3-9-17(28-2)10-4-14/h3-10,18-19H,11-12H2,1-2H3,(H,22,26)(H,23,25)(H,24,27). The Balaban J connectivity index is 1.45. The van der Waals surface area contributed by atoms with Crippen LogP contribution >= 0.6 is 0 Å². The van der Waals surface area contributed by atoms with Crippen molar-refractivity contribution in [2.75, 3.05) is 17.7 Å². The fourth-order valence-electron chi connectivity index (χ4n) is 2.91. The Morgan fingerprint density at radius 1 is 0.893 bits per heavy atom. The van der Waals surface area contributed by atoms with Crippen molar-refractivity contribution in [3.05, 3.63) is 54.1 Å². The summed E-state index contributed by atoms with van der Waals surface area (Å²) in [6, 6.07) is 14.3. The van der Waals surface area contributed by atoms with Gasteiger partial charge in [-0.2, -0.15) is 0 Å². The van der Waals surface area contributed by atoms with Gasteiger partial charge in [0.2, 0.25) is 17.7 Å². The molecule has 0 radical (unpaired) electrons. The third-order valence-corrected chi connectivity index (χ3v) is 4.56. The van der Waals surface area contributed by atoms with E-state index in [9.17, 15) is 14.4 Å². The number of carbonyl (C=O) groups is 3. The Morgan fingerprint density at radius 2 is 1.46 bits per heavy atom. The summed E-state index contributed by atoms with van der Waals surface area (Å²) < 4.78 is 5.11. The normalized spacial score (nSPS) is 17.4. The van der Waals surface area contributed by atoms with E-state index in [2.05, 4.69) is 16.0 Å². The van der Waals surface area contributed by atoms with Gasteiger partial charge in [-0.1, -0.05) is 12.1 Å². The molecule has 1 aliphatic carbocycles. The van der Waals surface area contributed by atoms with Crippen LogP contribution in [-0.2, 0) is 20.9 Å². The van der Waals surface area contributed by atoms with Gasteiger partial charge in [0.25, 0.3) is 0 Å². The molecule has 146 valence electrons. The lowest BCUT2D eigenvalue weighted by atomic mass is 10.2. The van der Waals surface area contributed by atoms with Gasteiger partial charge in [0, 0.05) is 24.8 Å². The van der Waals surface area contributed by atoms with E-state index < -0.39 is 0 Å². The van der Waals surface area contributed by atoms with Crippen LogP contribution < -0.4 is 20.7 Å². The minimum atomic E-state index is -0.314. The monoisotopic (exact) mass is 381 g/mol. The molecule has 0 spiro atoms. The Hall–Kier alpha value is -3.35. The maximum Gasteiger partial charge on any atom is 0.228 e. The predicted octanol–water partition coefficient (Wildman–Crippen LogP) is 2.54. The summed E-state index contributed by atoms with van der Waals surface area (Å²) >= 11 is 0. The molecule has 1 fully saturated rings. The number of hydrogen-bond acceptors (Lipinski definition) is 4. The largest absolute Gasteiger partial charge is 0.497 e. The molecule has 0 bridgehead atoms. The van der Waals surface area contributed by atoms with E-state index in [-0.39, 0.29) is 29.6 Å². The topological polar surface area (TPSA) is 96.5 Å². The lowest BCUT2D eigenvalue weighted by molar-refractivity contribution is -0.125. The zero-order valence-electron chi connectivity index (χ0n) is 15.8. The molecule has 0 heterocycles. The van der Waals surface area contributed by atoms with E-state index in [1.807, 2.05) is 24.3 Å². The molecule has 28 heavy (non-hydrogen) atoms. The minimum Gasteiger partial charge on any atom is -0.497 e. The fraction of sp³-hybridized carbons (Fsp3) is 0.286. The number of ether oxygens (including phenoxy) is 1. The van der Waals surface area contributed by atoms with Crippen molar-refractivity contribution in [1.82, 2.24) is 5.32 Å².